The maximum absolute atomic E-state index is 12.6. The summed E-state index contributed by atoms with van der Waals surface area (Å²) < 4.78 is 1.77. The number of aromatic nitrogens is 2. The molecule has 1 N–H and O–H groups in total. The van der Waals surface area contributed by atoms with Crippen LogP contribution in [0, 0.1) is 0 Å². The van der Waals surface area contributed by atoms with Crippen molar-refractivity contribution in [3.63, 3.8) is 0 Å². The van der Waals surface area contributed by atoms with E-state index < -0.39 is 5.97 Å². The van der Waals surface area contributed by atoms with Crippen molar-refractivity contribution in [2.75, 3.05) is 6.54 Å². The zero-order valence-corrected chi connectivity index (χ0v) is 12.7. The Morgan fingerprint density at radius 3 is 2.81 bits per heavy atom. The van der Waals surface area contributed by atoms with E-state index >= 15 is 0 Å². The van der Waals surface area contributed by atoms with Crippen LogP contribution in [-0.2, 0) is 4.79 Å². The number of hydrogen-bond donors (Lipinski definition) is 1. The standard InChI is InChI=1S/C15H23N3O3/c1-11(2)18-10-8-13(16-18)15(21)17-9-4-3-5-12(17)6-7-14(19)20/h8,10-12H,3-7,9H2,1-2H3,(H,19,20). The predicted octanol–water partition coefficient (Wildman–Crippen LogP) is 2.32. The summed E-state index contributed by atoms with van der Waals surface area (Å²) in [7, 11) is 0. The minimum Gasteiger partial charge on any atom is -0.481 e. The molecule has 2 heterocycles. The first-order valence-corrected chi connectivity index (χ1v) is 7.57. The summed E-state index contributed by atoms with van der Waals surface area (Å²) in [6.45, 7) is 4.72. The van der Waals surface area contributed by atoms with Crippen molar-refractivity contribution < 1.29 is 14.7 Å². The van der Waals surface area contributed by atoms with Crippen LogP contribution in [0.25, 0.3) is 0 Å². The predicted molar refractivity (Wildman–Crippen MR) is 78.2 cm³/mol. The topological polar surface area (TPSA) is 75.4 Å². The number of amides is 1. The molecule has 6 heteroatoms. The SMILES string of the molecule is CC(C)n1ccc(C(=O)N2CCCCC2CCC(=O)O)n1. The zero-order valence-electron chi connectivity index (χ0n) is 12.7. The number of carbonyl (C=O) groups excluding carboxylic acids is 1. The highest BCUT2D eigenvalue weighted by Gasteiger charge is 2.29. The van der Waals surface area contributed by atoms with Gasteiger partial charge in [-0.2, -0.15) is 5.10 Å². The molecule has 1 aliphatic heterocycles. The van der Waals surface area contributed by atoms with Crippen LogP contribution in [0.4, 0.5) is 0 Å². The smallest absolute Gasteiger partial charge is 0.303 e. The first kappa shape index (κ1) is 15.5. The molecule has 0 spiro atoms. The molecule has 1 aliphatic rings. The van der Waals surface area contributed by atoms with E-state index in [2.05, 4.69) is 5.10 Å². The van der Waals surface area contributed by atoms with Crippen LogP contribution in [0.2, 0.25) is 0 Å². The van der Waals surface area contributed by atoms with Gasteiger partial charge in [-0.25, -0.2) is 0 Å². The molecule has 0 radical (unpaired) electrons. The summed E-state index contributed by atoms with van der Waals surface area (Å²) in [5, 5.41) is 13.2. The van der Waals surface area contributed by atoms with Gasteiger partial charge in [-0.3, -0.25) is 14.3 Å². The third-order valence-corrected chi connectivity index (χ3v) is 3.94. The summed E-state index contributed by atoms with van der Waals surface area (Å²) in [4.78, 5) is 25.1. The molecule has 0 aromatic carbocycles. The van der Waals surface area contributed by atoms with Crippen LogP contribution in [0.15, 0.2) is 12.3 Å². The van der Waals surface area contributed by atoms with E-state index in [4.69, 9.17) is 5.11 Å². The minimum absolute atomic E-state index is 0.0200. The first-order chi connectivity index (χ1) is 9.99. The van der Waals surface area contributed by atoms with Gasteiger partial charge in [0.15, 0.2) is 0 Å². The molecule has 6 nitrogen and oxygen atoms in total. The average molecular weight is 293 g/mol. The van der Waals surface area contributed by atoms with E-state index in [1.54, 1.807) is 15.6 Å². The third-order valence-electron chi connectivity index (χ3n) is 3.94. The lowest BCUT2D eigenvalue weighted by molar-refractivity contribution is -0.137. The van der Waals surface area contributed by atoms with Gasteiger partial charge in [-0.1, -0.05) is 0 Å². The van der Waals surface area contributed by atoms with Gasteiger partial charge in [0, 0.05) is 31.2 Å². The van der Waals surface area contributed by atoms with Gasteiger partial charge in [-0.05, 0) is 45.6 Å². The molecule has 1 aromatic heterocycles. The van der Waals surface area contributed by atoms with Gasteiger partial charge in [0.05, 0.1) is 0 Å². The lowest BCUT2D eigenvalue weighted by atomic mass is 9.97. The number of likely N-dealkylation sites (tertiary alicyclic amines) is 1. The number of carbonyl (C=O) groups is 2. The second-order valence-electron chi connectivity index (χ2n) is 5.86. The van der Waals surface area contributed by atoms with Crippen LogP contribution >= 0.6 is 0 Å². The average Bonchev–Trinajstić information content (AvgIpc) is 2.94. The van der Waals surface area contributed by atoms with Crippen molar-refractivity contribution in [3.05, 3.63) is 18.0 Å². The molecule has 1 unspecified atom stereocenters. The van der Waals surface area contributed by atoms with Crippen molar-refractivity contribution in [1.29, 1.82) is 0 Å². The quantitative estimate of drug-likeness (QED) is 0.904. The molecule has 21 heavy (non-hydrogen) atoms. The highest BCUT2D eigenvalue weighted by molar-refractivity contribution is 5.92. The summed E-state index contributed by atoms with van der Waals surface area (Å²) in [6.07, 6.45) is 5.34. The van der Waals surface area contributed by atoms with Crippen molar-refractivity contribution >= 4 is 11.9 Å². The Hall–Kier alpha value is -1.85. The van der Waals surface area contributed by atoms with E-state index in [0.717, 1.165) is 19.3 Å². The van der Waals surface area contributed by atoms with Crippen LogP contribution in [0.3, 0.4) is 0 Å². The summed E-state index contributed by atoms with van der Waals surface area (Å²) >= 11 is 0. The normalized spacial score (nSPS) is 19.0. The van der Waals surface area contributed by atoms with Gasteiger partial charge < -0.3 is 10.0 Å². The number of carboxylic acid groups (broad SMARTS) is 1. The van der Waals surface area contributed by atoms with Crippen molar-refractivity contribution in [2.45, 2.75) is 58.0 Å². The maximum Gasteiger partial charge on any atom is 0.303 e. The fourth-order valence-electron chi connectivity index (χ4n) is 2.74. The maximum atomic E-state index is 12.6. The molecule has 1 fully saturated rings. The van der Waals surface area contributed by atoms with Crippen molar-refractivity contribution in [2.24, 2.45) is 0 Å². The Labute approximate surface area is 124 Å². The van der Waals surface area contributed by atoms with Crippen molar-refractivity contribution in [3.8, 4) is 0 Å². The Morgan fingerprint density at radius 2 is 2.19 bits per heavy atom. The second kappa shape index (κ2) is 6.74. The molecule has 116 valence electrons. The summed E-state index contributed by atoms with van der Waals surface area (Å²) in [6, 6.07) is 1.98. The highest BCUT2D eigenvalue weighted by Crippen LogP contribution is 2.23. The largest absolute Gasteiger partial charge is 0.481 e. The molecule has 0 aliphatic carbocycles. The highest BCUT2D eigenvalue weighted by atomic mass is 16.4. The first-order valence-electron chi connectivity index (χ1n) is 7.57. The van der Waals surface area contributed by atoms with Crippen LogP contribution in [0.5, 0.6) is 0 Å². The van der Waals surface area contributed by atoms with E-state index in [0.29, 0.717) is 18.7 Å². The Bertz CT molecular complexity index is 510. The molecular formula is C15H23N3O3. The zero-order chi connectivity index (χ0) is 15.4. The number of hydrogen-bond acceptors (Lipinski definition) is 3. The fourth-order valence-corrected chi connectivity index (χ4v) is 2.74. The minimum atomic E-state index is -0.808. The van der Waals surface area contributed by atoms with Crippen LogP contribution < -0.4 is 0 Å². The molecule has 0 saturated carbocycles. The van der Waals surface area contributed by atoms with E-state index in [1.807, 2.05) is 20.0 Å². The lowest BCUT2D eigenvalue weighted by Crippen LogP contribution is -2.44. The number of nitrogens with zero attached hydrogens (tertiary/aromatic N) is 3. The summed E-state index contributed by atoms with van der Waals surface area (Å²) in [5.74, 6) is -0.887. The molecule has 1 aromatic rings. The van der Waals surface area contributed by atoms with Crippen LogP contribution in [0.1, 0.15) is 62.5 Å². The molecule has 0 bridgehead atoms. The van der Waals surface area contributed by atoms with Gasteiger partial charge in [0.1, 0.15) is 5.69 Å². The van der Waals surface area contributed by atoms with Gasteiger partial charge in [-0.15, -0.1) is 0 Å². The third kappa shape index (κ3) is 3.83. The molecule has 2 rings (SSSR count). The Balaban J connectivity index is 2.08. The van der Waals surface area contributed by atoms with Crippen LogP contribution in [-0.4, -0.2) is 44.3 Å². The molecule has 1 saturated heterocycles. The van der Waals surface area contributed by atoms with E-state index in [-0.39, 0.29) is 24.4 Å². The summed E-state index contributed by atoms with van der Waals surface area (Å²) in [5.41, 5.74) is 0.450. The Morgan fingerprint density at radius 1 is 1.43 bits per heavy atom. The van der Waals surface area contributed by atoms with E-state index in [9.17, 15) is 9.59 Å². The number of carboxylic acids is 1. The number of piperidine rings is 1. The molecule has 1 atom stereocenters. The van der Waals surface area contributed by atoms with Crippen molar-refractivity contribution in [1.82, 2.24) is 14.7 Å². The van der Waals surface area contributed by atoms with Gasteiger partial charge in [0.2, 0.25) is 0 Å². The Kier molecular flexibility index (Phi) is 4.98. The molecule has 1 amide bonds. The van der Waals surface area contributed by atoms with Gasteiger partial charge in [0.25, 0.3) is 5.91 Å². The number of rotatable bonds is 5. The monoisotopic (exact) mass is 293 g/mol. The molecular weight excluding hydrogens is 270 g/mol. The number of aliphatic carboxylic acids is 1. The van der Waals surface area contributed by atoms with Gasteiger partial charge >= 0.3 is 5.97 Å². The van der Waals surface area contributed by atoms with E-state index in [1.165, 1.54) is 0 Å². The fraction of sp³-hybridized carbons (Fsp3) is 0.667. The lowest BCUT2D eigenvalue weighted by Gasteiger charge is -2.35. The second-order valence-corrected chi connectivity index (χ2v) is 5.86.